The van der Waals surface area contributed by atoms with Crippen molar-refractivity contribution in [1.82, 2.24) is 4.98 Å². The van der Waals surface area contributed by atoms with E-state index in [0.29, 0.717) is 5.56 Å². The Morgan fingerprint density at radius 1 is 1.24 bits per heavy atom. The van der Waals surface area contributed by atoms with Crippen LogP contribution in [0, 0.1) is 0 Å². The summed E-state index contributed by atoms with van der Waals surface area (Å²) in [6.07, 6.45) is 3.48. The first-order valence-electron chi connectivity index (χ1n) is 5.22. The second-order valence-electron chi connectivity index (χ2n) is 3.68. The van der Waals surface area contributed by atoms with Gasteiger partial charge in [0, 0.05) is 24.5 Å². The molecule has 1 amide bonds. The first-order chi connectivity index (χ1) is 8.18. The molecule has 2 N–H and O–H groups in total. The Labute approximate surface area is 99.7 Å². The van der Waals surface area contributed by atoms with Crippen LogP contribution < -0.4 is 10.6 Å². The highest BCUT2D eigenvalue weighted by atomic mass is 16.1. The monoisotopic (exact) mass is 227 g/mol. The van der Waals surface area contributed by atoms with Crippen LogP contribution in [-0.4, -0.2) is 17.9 Å². The van der Waals surface area contributed by atoms with E-state index in [4.69, 9.17) is 5.73 Å². The van der Waals surface area contributed by atoms with Crippen molar-refractivity contribution in [3.63, 3.8) is 0 Å². The Kier molecular flexibility index (Phi) is 3.05. The maximum absolute atomic E-state index is 11.1. The summed E-state index contributed by atoms with van der Waals surface area (Å²) in [6, 6.07) is 11.0. The molecule has 0 spiro atoms. The van der Waals surface area contributed by atoms with Gasteiger partial charge in [0.15, 0.2) is 0 Å². The molecule has 1 heterocycles. The van der Waals surface area contributed by atoms with Gasteiger partial charge in [-0.3, -0.25) is 9.78 Å². The number of nitrogens with two attached hydrogens (primary N) is 1. The smallest absolute Gasteiger partial charge is 0.248 e. The summed E-state index contributed by atoms with van der Waals surface area (Å²) >= 11 is 0. The zero-order valence-corrected chi connectivity index (χ0v) is 9.50. The Balaban J connectivity index is 2.34. The third-order valence-electron chi connectivity index (χ3n) is 2.55. The van der Waals surface area contributed by atoms with Crippen molar-refractivity contribution in [3.8, 4) is 0 Å². The van der Waals surface area contributed by atoms with E-state index in [-0.39, 0.29) is 0 Å². The predicted octanol–water partition coefficient (Wildman–Crippen LogP) is 1.95. The lowest BCUT2D eigenvalue weighted by Crippen LogP contribution is -2.13. The number of aromatic nitrogens is 1. The molecule has 0 fully saturated rings. The van der Waals surface area contributed by atoms with Crippen molar-refractivity contribution >= 4 is 17.3 Å². The number of nitrogens with zero attached hydrogens (tertiary/aromatic N) is 2. The van der Waals surface area contributed by atoms with E-state index in [1.54, 1.807) is 24.5 Å². The topological polar surface area (TPSA) is 59.2 Å². The highest BCUT2D eigenvalue weighted by Crippen LogP contribution is 2.22. The summed E-state index contributed by atoms with van der Waals surface area (Å²) in [5.41, 5.74) is 7.60. The number of hydrogen-bond acceptors (Lipinski definition) is 3. The van der Waals surface area contributed by atoms with Crippen LogP contribution in [0.15, 0.2) is 48.8 Å². The summed E-state index contributed by atoms with van der Waals surface area (Å²) < 4.78 is 0. The Bertz CT molecular complexity index is 525. The van der Waals surface area contributed by atoms with Gasteiger partial charge >= 0.3 is 0 Å². The number of pyridine rings is 1. The van der Waals surface area contributed by atoms with Gasteiger partial charge in [-0.15, -0.1) is 0 Å². The average Bonchev–Trinajstić information content (AvgIpc) is 2.39. The van der Waals surface area contributed by atoms with Crippen molar-refractivity contribution < 1.29 is 4.79 Å². The van der Waals surface area contributed by atoms with Gasteiger partial charge in [0.2, 0.25) is 5.91 Å². The fourth-order valence-electron chi connectivity index (χ4n) is 1.57. The molecular weight excluding hydrogens is 214 g/mol. The van der Waals surface area contributed by atoms with Crippen LogP contribution in [0.5, 0.6) is 0 Å². The number of carbonyl (C=O) groups is 1. The van der Waals surface area contributed by atoms with Gasteiger partial charge in [-0.1, -0.05) is 6.07 Å². The Hall–Kier alpha value is -2.36. The minimum Gasteiger partial charge on any atom is -0.366 e. The maximum atomic E-state index is 11.1. The molecular formula is C13H13N3O. The number of primary amides is 1. The number of rotatable bonds is 3. The molecule has 0 atom stereocenters. The molecule has 4 nitrogen and oxygen atoms in total. The molecule has 2 rings (SSSR count). The predicted molar refractivity (Wildman–Crippen MR) is 67.3 cm³/mol. The minimum absolute atomic E-state index is 0.425. The van der Waals surface area contributed by atoms with Crippen LogP contribution in [0.3, 0.4) is 0 Å². The lowest BCUT2D eigenvalue weighted by Gasteiger charge is -2.19. The summed E-state index contributed by atoms with van der Waals surface area (Å²) in [4.78, 5) is 17.1. The molecule has 0 aliphatic carbocycles. The SMILES string of the molecule is CN(c1cccnc1)c1cccc(C(N)=O)c1. The molecule has 1 aromatic carbocycles. The molecule has 0 bridgehead atoms. The lowest BCUT2D eigenvalue weighted by atomic mass is 10.2. The standard InChI is InChI=1S/C13H13N3O/c1-16(12-6-3-7-15-9-12)11-5-2-4-10(8-11)13(14)17/h2-9H,1H3,(H2,14,17). The minimum atomic E-state index is -0.425. The van der Waals surface area contributed by atoms with Crippen LogP contribution in [0.25, 0.3) is 0 Å². The van der Waals surface area contributed by atoms with Gasteiger partial charge < -0.3 is 10.6 Å². The lowest BCUT2D eigenvalue weighted by molar-refractivity contribution is 0.100. The average molecular weight is 227 g/mol. The van der Waals surface area contributed by atoms with Crippen LogP contribution in [-0.2, 0) is 0 Å². The van der Waals surface area contributed by atoms with Gasteiger partial charge in [-0.2, -0.15) is 0 Å². The van der Waals surface area contributed by atoms with Crippen molar-refractivity contribution in [3.05, 3.63) is 54.4 Å². The second kappa shape index (κ2) is 4.65. The molecule has 2 aromatic rings. The zero-order chi connectivity index (χ0) is 12.3. The number of carbonyl (C=O) groups excluding carboxylic acids is 1. The Morgan fingerprint density at radius 3 is 2.65 bits per heavy atom. The van der Waals surface area contributed by atoms with E-state index in [1.807, 2.05) is 36.2 Å². The van der Waals surface area contributed by atoms with Crippen molar-refractivity contribution in [2.45, 2.75) is 0 Å². The molecule has 0 saturated carbocycles. The van der Waals surface area contributed by atoms with E-state index >= 15 is 0 Å². The van der Waals surface area contributed by atoms with Gasteiger partial charge in [0.1, 0.15) is 0 Å². The molecule has 0 saturated heterocycles. The molecule has 0 aliphatic heterocycles. The molecule has 0 aliphatic rings. The number of benzene rings is 1. The molecule has 1 aromatic heterocycles. The van der Waals surface area contributed by atoms with Crippen LogP contribution in [0.4, 0.5) is 11.4 Å². The van der Waals surface area contributed by atoms with Gasteiger partial charge in [-0.25, -0.2) is 0 Å². The summed E-state index contributed by atoms with van der Waals surface area (Å²) in [7, 11) is 1.91. The molecule has 0 unspecified atom stereocenters. The summed E-state index contributed by atoms with van der Waals surface area (Å²) in [5.74, 6) is -0.425. The third kappa shape index (κ3) is 2.42. The highest BCUT2D eigenvalue weighted by molar-refractivity contribution is 5.94. The van der Waals surface area contributed by atoms with Crippen molar-refractivity contribution in [2.24, 2.45) is 5.73 Å². The first kappa shape index (κ1) is 11.1. The van der Waals surface area contributed by atoms with E-state index in [1.165, 1.54) is 0 Å². The zero-order valence-electron chi connectivity index (χ0n) is 9.50. The number of amides is 1. The summed E-state index contributed by atoms with van der Waals surface area (Å²) in [6.45, 7) is 0. The maximum Gasteiger partial charge on any atom is 0.248 e. The third-order valence-corrected chi connectivity index (χ3v) is 2.55. The van der Waals surface area contributed by atoms with Gasteiger partial charge in [-0.05, 0) is 30.3 Å². The van der Waals surface area contributed by atoms with Gasteiger partial charge in [0.05, 0.1) is 11.9 Å². The fraction of sp³-hybridized carbons (Fsp3) is 0.0769. The normalized spacial score (nSPS) is 9.94. The quantitative estimate of drug-likeness (QED) is 0.871. The molecule has 17 heavy (non-hydrogen) atoms. The fourth-order valence-corrected chi connectivity index (χ4v) is 1.57. The van der Waals surface area contributed by atoms with E-state index in [2.05, 4.69) is 4.98 Å². The van der Waals surface area contributed by atoms with E-state index in [0.717, 1.165) is 11.4 Å². The van der Waals surface area contributed by atoms with E-state index in [9.17, 15) is 4.79 Å². The number of anilines is 2. The van der Waals surface area contributed by atoms with Gasteiger partial charge in [0.25, 0.3) is 0 Å². The largest absolute Gasteiger partial charge is 0.366 e. The molecule has 0 radical (unpaired) electrons. The van der Waals surface area contributed by atoms with Crippen LogP contribution in [0.2, 0.25) is 0 Å². The Morgan fingerprint density at radius 2 is 2.00 bits per heavy atom. The molecule has 4 heteroatoms. The van der Waals surface area contributed by atoms with Crippen LogP contribution >= 0.6 is 0 Å². The van der Waals surface area contributed by atoms with Crippen molar-refractivity contribution in [1.29, 1.82) is 0 Å². The number of hydrogen-bond donors (Lipinski definition) is 1. The summed E-state index contributed by atoms with van der Waals surface area (Å²) in [5, 5.41) is 0. The van der Waals surface area contributed by atoms with Crippen molar-refractivity contribution in [2.75, 3.05) is 11.9 Å². The molecule has 86 valence electrons. The second-order valence-corrected chi connectivity index (χ2v) is 3.68. The first-order valence-corrected chi connectivity index (χ1v) is 5.22. The van der Waals surface area contributed by atoms with E-state index < -0.39 is 5.91 Å². The van der Waals surface area contributed by atoms with Crippen LogP contribution in [0.1, 0.15) is 10.4 Å². The highest BCUT2D eigenvalue weighted by Gasteiger charge is 2.06.